The predicted octanol–water partition coefficient (Wildman–Crippen LogP) is 4.01. The molecule has 1 aromatic carbocycles. The van der Waals surface area contributed by atoms with Crippen molar-refractivity contribution < 1.29 is 0 Å². The van der Waals surface area contributed by atoms with Gasteiger partial charge in [0, 0.05) is 10.4 Å². The lowest BCUT2D eigenvalue weighted by atomic mass is 9.96. The van der Waals surface area contributed by atoms with E-state index in [1.165, 1.54) is 12.0 Å². The molecule has 2 rings (SSSR count). The highest BCUT2D eigenvalue weighted by Gasteiger charge is 2.50. The fourth-order valence-corrected chi connectivity index (χ4v) is 3.01. The van der Waals surface area contributed by atoms with Crippen molar-refractivity contribution in [1.82, 2.24) is 0 Å². The monoisotopic (exact) mass is 258 g/mol. The molecule has 2 unspecified atom stereocenters. The van der Waals surface area contributed by atoms with Crippen LogP contribution in [-0.2, 0) is 5.41 Å². The van der Waals surface area contributed by atoms with Crippen LogP contribution in [0.15, 0.2) is 24.3 Å². The van der Waals surface area contributed by atoms with Crippen molar-refractivity contribution in [3.05, 3.63) is 34.9 Å². The van der Waals surface area contributed by atoms with E-state index in [2.05, 4.69) is 35.0 Å². The van der Waals surface area contributed by atoms with Gasteiger partial charge < -0.3 is 0 Å². The molecule has 1 fully saturated rings. The molecule has 0 saturated heterocycles. The average Bonchev–Trinajstić information content (AvgIpc) is 2.79. The van der Waals surface area contributed by atoms with Crippen LogP contribution in [0, 0.1) is 5.92 Å². The first-order valence-electron chi connectivity index (χ1n) is 4.49. The van der Waals surface area contributed by atoms with Crippen molar-refractivity contribution in [2.75, 3.05) is 5.33 Å². The zero-order valence-corrected chi connectivity index (χ0v) is 9.90. The third-order valence-corrected chi connectivity index (χ3v) is 4.10. The molecule has 0 aliphatic heterocycles. The van der Waals surface area contributed by atoms with Crippen LogP contribution < -0.4 is 0 Å². The van der Waals surface area contributed by atoms with Crippen molar-refractivity contribution in [3.63, 3.8) is 0 Å². The summed E-state index contributed by atoms with van der Waals surface area (Å²) in [5, 5.41) is 1.94. The molecule has 1 aliphatic carbocycles. The van der Waals surface area contributed by atoms with Crippen LogP contribution in [-0.4, -0.2) is 5.33 Å². The first-order valence-corrected chi connectivity index (χ1v) is 5.99. The quantitative estimate of drug-likeness (QED) is 0.704. The van der Waals surface area contributed by atoms with E-state index >= 15 is 0 Å². The fraction of sp³-hybridized carbons (Fsp3) is 0.455. The van der Waals surface area contributed by atoms with Gasteiger partial charge in [-0.15, -0.1) is 0 Å². The number of rotatable bonds is 2. The second kappa shape index (κ2) is 3.29. The van der Waals surface area contributed by atoms with Crippen LogP contribution in [0.5, 0.6) is 0 Å². The summed E-state index contributed by atoms with van der Waals surface area (Å²) in [7, 11) is 0. The smallest absolute Gasteiger partial charge is 0.0408 e. The van der Waals surface area contributed by atoms with E-state index in [0.29, 0.717) is 5.41 Å². The maximum Gasteiger partial charge on any atom is 0.0408 e. The minimum Gasteiger partial charge on any atom is -0.0925 e. The van der Waals surface area contributed by atoms with E-state index < -0.39 is 0 Å². The molecule has 0 aromatic heterocycles. The lowest BCUT2D eigenvalue weighted by Gasteiger charge is -2.10. The Morgan fingerprint density at radius 2 is 2.38 bits per heavy atom. The number of alkyl halides is 1. The third-order valence-electron chi connectivity index (χ3n) is 3.08. The van der Waals surface area contributed by atoms with Crippen LogP contribution in [0.25, 0.3) is 0 Å². The first kappa shape index (κ1) is 9.54. The van der Waals surface area contributed by atoms with Crippen LogP contribution in [0.3, 0.4) is 0 Å². The molecular formula is C11H12BrCl. The van der Waals surface area contributed by atoms with E-state index in [-0.39, 0.29) is 0 Å². The highest BCUT2D eigenvalue weighted by Crippen LogP contribution is 2.54. The van der Waals surface area contributed by atoms with E-state index in [4.69, 9.17) is 11.6 Å². The van der Waals surface area contributed by atoms with Gasteiger partial charge in [0.2, 0.25) is 0 Å². The van der Waals surface area contributed by atoms with Gasteiger partial charge in [0.1, 0.15) is 0 Å². The number of hydrogen-bond acceptors (Lipinski definition) is 0. The average molecular weight is 260 g/mol. The Morgan fingerprint density at radius 1 is 1.62 bits per heavy atom. The summed E-state index contributed by atoms with van der Waals surface area (Å²) >= 11 is 9.49. The lowest BCUT2D eigenvalue weighted by Crippen LogP contribution is -2.04. The fourth-order valence-electron chi connectivity index (χ4n) is 1.88. The second-order valence-corrected chi connectivity index (χ2v) is 5.07. The minimum atomic E-state index is 0.369. The topological polar surface area (TPSA) is 0 Å². The molecule has 0 amide bonds. The molecule has 0 spiro atoms. The van der Waals surface area contributed by atoms with Gasteiger partial charge in [-0.25, -0.2) is 0 Å². The molecular weight excluding hydrogens is 247 g/mol. The highest BCUT2D eigenvalue weighted by atomic mass is 79.9. The summed E-state index contributed by atoms with van der Waals surface area (Å²) in [6.07, 6.45) is 1.28. The van der Waals surface area contributed by atoms with E-state index in [0.717, 1.165) is 16.3 Å². The summed E-state index contributed by atoms with van der Waals surface area (Å²) in [6, 6.07) is 8.23. The van der Waals surface area contributed by atoms with Gasteiger partial charge in [0.05, 0.1) is 0 Å². The third kappa shape index (κ3) is 1.64. The predicted molar refractivity (Wildman–Crippen MR) is 60.7 cm³/mol. The van der Waals surface area contributed by atoms with Gasteiger partial charge in [0.15, 0.2) is 0 Å². The zero-order valence-electron chi connectivity index (χ0n) is 7.56. The Hall–Kier alpha value is -0.0100. The standard InChI is InChI=1S/C11H12BrCl/c1-11(6-9(11)7-12)8-3-2-4-10(13)5-8/h2-5,9H,6-7H2,1H3. The molecule has 0 radical (unpaired) electrons. The van der Waals surface area contributed by atoms with Gasteiger partial charge in [-0.1, -0.05) is 46.6 Å². The Bertz CT molecular complexity index is 324. The summed E-state index contributed by atoms with van der Waals surface area (Å²) in [6.45, 7) is 2.31. The second-order valence-electron chi connectivity index (χ2n) is 3.98. The van der Waals surface area contributed by atoms with Crippen LogP contribution in [0.4, 0.5) is 0 Å². The van der Waals surface area contributed by atoms with E-state index in [1.807, 2.05) is 12.1 Å². The molecule has 0 nitrogen and oxygen atoms in total. The van der Waals surface area contributed by atoms with Gasteiger partial charge in [0.25, 0.3) is 0 Å². The SMILES string of the molecule is CC1(c2cccc(Cl)c2)CC1CBr. The van der Waals surface area contributed by atoms with Crippen molar-refractivity contribution in [2.45, 2.75) is 18.8 Å². The summed E-state index contributed by atoms with van der Waals surface area (Å²) < 4.78 is 0. The molecule has 13 heavy (non-hydrogen) atoms. The summed E-state index contributed by atoms with van der Waals surface area (Å²) in [5.74, 6) is 0.783. The minimum absolute atomic E-state index is 0.369. The highest BCUT2D eigenvalue weighted by molar-refractivity contribution is 9.09. The van der Waals surface area contributed by atoms with Crippen molar-refractivity contribution >= 4 is 27.5 Å². The van der Waals surface area contributed by atoms with Gasteiger partial charge in [-0.3, -0.25) is 0 Å². The molecule has 0 bridgehead atoms. The Morgan fingerprint density at radius 3 is 2.92 bits per heavy atom. The van der Waals surface area contributed by atoms with Crippen LogP contribution >= 0.6 is 27.5 Å². The normalized spacial score (nSPS) is 31.8. The summed E-state index contributed by atoms with van der Waals surface area (Å²) in [5.41, 5.74) is 1.75. The molecule has 2 heteroatoms. The van der Waals surface area contributed by atoms with E-state index in [9.17, 15) is 0 Å². The molecule has 1 saturated carbocycles. The van der Waals surface area contributed by atoms with Gasteiger partial charge >= 0.3 is 0 Å². The Labute approximate surface area is 92.4 Å². The van der Waals surface area contributed by atoms with Crippen molar-refractivity contribution in [1.29, 1.82) is 0 Å². The summed E-state index contributed by atoms with van der Waals surface area (Å²) in [4.78, 5) is 0. The number of benzene rings is 1. The first-order chi connectivity index (χ1) is 6.16. The van der Waals surface area contributed by atoms with Gasteiger partial charge in [-0.05, 0) is 35.4 Å². The largest absolute Gasteiger partial charge is 0.0925 e. The van der Waals surface area contributed by atoms with Gasteiger partial charge in [-0.2, -0.15) is 0 Å². The molecule has 0 heterocycles. The molecule has 2 atom stereocenters. The molecule has 0 N–H and O–H groups in total. The van der Waals surface area contributed by atoms with Crippen molar-refractivity contribution in [3.8, 4) is 0 Å². The van der Waals surface area contributed by atoms with Crippen LogP contribution in [0.1, 0.15) is 18.9 Å². The maximum absolute atomic E-state index is 5.96. The van der Waals surface area contributed by atoms with Crippen LogP contribution in [0.2, 0.25) is 5.02 Å². The zero-order chi connectivity index (χ0) is 9.47. The number of halogens is 2. The molecule has 1 aliphatic rings. The molecule has 70 valence electrons. The maximum atomic E-state index is 5.96. The van der Waals surface area contributed by atoms with E-state index in [1.54, 1.807) is 0 Å². The van der Waals surface area contributed by atoms with Crippen molar-refractivity contribution in [2.24, 2.45) is 5.92 Å². The lowest BCUT2D eigenvalue weighted by molar-refractivity contribution is 0.710. The number of hydrogen-bond donors (Lipinski definition) is 0. The molecule has 1 aromatic rings. The Balaban J connectivity index is 2.27. The Kier molecular flexibility index (Phi) is 2.41.